The molecule has 7 nitrogen and oxygen atoms in total. The third-order valence-corrected chi connectivity index (χ3v) is 5.62. The van der Waals surface area contributed by atoms with Gasteiger partial charge in [0.1, 0.15) is 5.69 Å². The molecule has 4 rings (SSSR count). The molecule has 7 heteroatoms. The van der Waals surface area contributed by atoms with E-state index in [2.05, 4.69) is 5.10 Å². The summed E-state index contributed by atoms with van der Waals surface area (Å²) >= 11 is 0. The monoisotopic (exact) mass is 357 g/mol. The number of benzene rings is 1. The third kappa shape index (κ3) is 2.96. The quantitative estimate of drug-likeness (QED) is 0.909. The lowest BCUT2D eigenvalue weighted by Gasteiger charge is -2.34. The van der Waals surface area contributed by atoms with E-state index in [1.807, 2.05) is 29.2 Å². The van der Waals surface area contributed by atoms with Crippen LogP contribution in [0.15, 0.2) is 24.3 Å². The van der Waals surface area contributed by atoms with E-state index in [4.69, 9.17) is 9.84 Å². The molecular formula is C19H23N3O4. The number of ether oxygens (including phenoxy) is 1. The molecule has 1 aromatic carbocycles. The molecule has 2 aromatic rings. The molecule has 138 valence electrons. The lowest BCUT2D eigenvalue weighted by atomic mass is 9.89. The Balaban J connectivity index is 1.42. The number of likely N-dealkylation sites (tertiary alicyclic amines) is 1. The Morgan fingerprint density at radius 2 is 1.88 bits per heavy atom. The number of nitrogens with zero attached hydrogens (tertiary/aromatic N) is 3. The second-order valence-electron chi connectivity index (χ2n) is 7.20. The fourth-order valence-corrected chi connectivity index (χ4v) is 4.22. The van der Waals surface area contributed by atoms with Gasteiger partial charge in [0.05, 0.1) is 11.6 Å². The predicted molar refractivity (Wildman–Crippen MR) is 94.9 cm³/mol. The normalized spacial score (nSPS) is 24.3. The Labute approximate surface area is 151 Å². The fraction of sp³-hybridized carbons (Fsp3) is 0.526. The number of carboxylic acid groups (broad SMARTS) is 1. The molecule has 2 saturated heterocycles. The lowest BCUT2D eigenvalue weighted by Crippen LogP contribution is -2.42. The summed E-state index contributed by atoms with van der Waals surface area (Å²) in [6, 6.07) is 7.68. The molecule has 0 spiro atoms. The first-order valence-corrected chi connectivity index (χ1v) is 9.14. The van der Waals surface area contributed by atoms with Crippen LogP contribution in [0.2, 0.25) is 0 Å². The summed E-state index contributed by atoms with van der Waals surface area (Å²) in [4.78, 5) is 26.0. The summed E-state index contributed by atoms with van der Waals surface area (Å²) in [7, 11) is 1.80. The van der Waals surface area contributed by atoms with Crippen LogP contribution in [0, 0.1) is 5.92 Å². The number of aromatic nitrogens is 2. The van der Waals surface area contributed by atoms with E-state index in [1.165, 1.54) is 0 Å². The van der Waals surface area contributed by atoms with Gasteiger partial charge in [-0.3, -0.25) is 9.48 Å². The van der Waals surface area contributed by atoms with Crippen LogP contribution in [0.4, 0.5) is 0 Å². The van der Waals surface area contributed by atoms with Gasteiger partial charge in [-0.25, -0.2) is 4.79 Å². The zero-order chi connectivity index (χ0) is 18.3. The molecule has 1 amide bonds. The number of amides is 1. The molecule has 0 radical (unpaired) electrons. The first-order valence-electron chi connectivity index (χ1n) is 9.14. The SMILES string of the molecule is Cn1nc2ccccc2c1C(=O)N1CCC([C@@H]2CC[C@H](C(=O)O)O2)CC1. The van der Waals surface area contributed by atoms with Crippen LogP contribution >= 0.6 is 0 Å². The van der Waals surface area contributed by atoms with Crippen molar-refractivity contribution in [3.63, 3.8) is 0 Å². The van der Waals surface area contributed by atoms with Crippen molar-refractivity contribution in [3.05, 3.63) is 30.0 Å². The number of aryl methyl sites for hydroxylation is 1. The number of carbonyl (C=O) groups is 2. The average molecular weight is 357 g/mol. The Morgan fingerprint density at radius 3 is 2.58 bits per heavy atom. The van der Waals surface area contributed by atoms with Crippen LogP contribution in [0.1, 0.15) is 36.2 Å². The highest BCUT2D eigenvalue weighted by molar-refractivity contribution is 6.05. The van der Waals surface area contributed by atoms with E-state index in [1.54, 1.807) is 11.7 Å². The van der Waals surface area contributed by atoms with Crippen molar-refractivity contribution in [2.45, 2.75) is 37.9 Å². The standard InChI is InChI=1S/C19H23N3O4/c1-21-17(13-4-2-3-5-14(13)20-21)18(23)22-10-8-12(9-11-22)15-6-7-16(26-15)19(24)25/h2-5,12,15-16H,6-11H2,1H3,(H,24,25)/t15-,16+/m0/s1. The van der Waals surface area contributed by atoms with Gasteiger partial charge in [-0.05, 0) is 37.7 Å². The summed E-state index contributed by atoms with van der Waals surface area (Å²) in [5.74, 6) is -0.537. The van der Waals surface area contributed by atoms with Crippen LogP contribution in [-0.2, 0) is 16.6 Å². The molecule has 0 unspecified atom stereocenters. The van der Waals surface area contributed by atoms with Crippen molar-refractivity contribution >= 4 is 22.8 Å². The number of piperidine rings is 1. The van der Waals surface area contributed by atoms with Gasteiger partial charge in [-0.1, -0.05) is 18.2 Å². The molecular weight excluding hydrogens is 334 g/mol. The van der Waals surface area contributed by atoms with Gasteiger partial charge in [0.25, 0.3) is 5.91 Å². The van der Waals surface area contributed by atoms with E-state index in [0.717, 1.165) is 30.2 Å². The van der Waals surface area contributed by atoms with E-state index in [9.17, 15) is 9.59 Å². The Hall–Kier alpha value is -2.41. The number of hydrogen-bond acceptors (Lipinski definition) is 4. The van der Waals surface area contributed by atoms with Crippen LogP contribution in [0.3, 0.4) is 0 Å². The maximum Gasteiger partial charge on any atom is 0.332 e. The van der Waals surface area contributed by atoms with Gasteiger partial charge in [0, 0.05) is 25.5 Å². The van der Waals surface area contributed by atoms with Gasteiger partial charge in [0.2, 0.25) is 0 Å². The van der Waals surface area contributed by atoms with Crippen LogP contribution in [0.25, 0.3) is 10.9 Å². The predicted octanol–water partition coefficient (Wildman–Crippen LogP) is 2.06. The van der Waals surface area contributed by atoms with Gasteiger partial charge >= 0.3 is 5.97 Å². The van der Waals surface area contributed by atoms with E-state index >= 15 is 0 Å². The number of hydrogen-bond donors (Lipinski definition) is 1. The van der Waals surface area contributed by atoms with Gasteiger partial charge in [-0.2, -0.15) is 5.10 Å². The molecule has 2 fully saturated rings. The van der Waals surface area contributed by atoms with Gasteiger partial charge in [-0.15, -0.1) is 0 Å². The van der Waals surface area contributed by atoms with Crippen molar-refractivity contribution in [2.24, 2.45) is 13.0 Å². The zero-order valence-corrected chi connectivity index (χ0v) is 14.8. The smallest absolute Gasteiger partial charge is 0.332 e. The molecule has 1 aromatic heterocycles. The highest BCUT2D eigenvalue weighted by Crippen LogP contribution is 2.32. The number of rotatable bonds is 3. The van der Waals surface area contributed by atoms with Gasteiger partial charge < -0.3 is 14.7 Å². The number of carbonyl (C=O) groups excluding carboxylic acids is 1. The van der Waals surface area contributed by atoms with Crippen molar-refractivity contribution in [2.75, 3.05) is 13.1 Å². The minimum Gasteiger partial charge on any atom is -0.479 e. The molecule has 2 aliphatic rings. The van der Waals surface area contributed by atoms with E-state index in [-0.39, 0.29) is 12.0 Å². The summed E-state index contributed by atoms with van der Waals surface area (Å²) in [5.41, 5.74) is 1.45. The van der Waals surface area contributed by atoms with E-state index < -0.39 is 12.1 Å². The number of fused-ring (bicyclic) bond motifs is 1. The molecule has 26 heavy (non-hydrogen) atoms. The lowest BCUT2D eigenvalue weighted by molar-refractivity contribution is -0.150. The molecule has 0 saturated carbocycles. The second kappa shape index (κ2) is 6.72. The molecule has 3 heterocycles. The fourth-order valence-electron chi connectivity index (χ4n) is 4.22. The molecule has 0 aliphatic carbocycles. The summed E-state index contributed by atoms with van der Waals surface area (Å²) in [5, 5.41) is 14.4. The molecule has 1 N–H and O–H groups in total. The van der Waals surface area contributed by atoms with Gasteiger partial charge in [0.15, 0.2) is 6.10 Å². The number of aliphatic carboxylic acids is 1. The third-order valence-electron chi connectivity index (χ3n) is 5.62. The van der Waals surface area contributed by atoms with Crippen molar-refractivity contribution in [3.8, 4) is 0 Å². The highest BCUT2D eigenvalue weighted by atomic mass is 16.5. The zero-order valence-electron chi connectivity index (χ0n) is 14.8. The highest BCUT2D eigenvalue weighted by Gasteiger charge is 2.37. The van der Waals surface area contributed by atoms with E-state index in [0.29, 0.717) is 31.1 Å². The maximum atomic E-state index is 13.0. The Kier molecular flexibility index (Phi) is 4.40. The minimum atomic E-state index is -0.872. The topological polar surface area (TPSA) is 84.7 Å². The van der Waals surface area contributed by atoms with Crippen LogP contribution in [-0.4, -0.2) is 57.0 Å². The van der Waals surface area contributed by atoms with Crippen LogP contribution < -0.4 is 0 Å². The Bertz CT molecular complexity index is 838. The first-order chi connectivity index (χ1) is 12.5. The Morgan fingerprint density at radius 1 is 1.15 bits per heavy atom. The molecule has 0 bridgehead atoms. The first kappa shape index (κ1) is 17.0. The largest absolute Gasteiger partial charge is 0.479 e. The minimum absolute atomic E-state index is 0.00545. The summed E-state index contributed by atoms with van der Waals surface area (Å²) in [6.07, 6.45) is 2.41. The van der Waals surface area contributed by atoms with Crippen molar-refractivity contribution in [1.29, 1.82) is 0 Å². The maximum absolute atomic E-state index is 13.0. The molecule has 2 aliphatic heterocycles. The summed E-state index contributed by atoms with van der Waals surface area (Å²) in [6.45, 7) is 1.33. The second-order valence-corrected chi connectivity index (χ2v) is 7.20. The number of carboxylic acids is 1. The summed E-state index contributed by atoms with van der Waals surface area (Å²) < 4.78 is 7.35. The average Bonchev–Trinajstić information content (AvgIpc) is 3.25. The molecule has 2 atom stereocenters. The van der Waals surface area contributed by atoms with Crippen LogP contribution in [0.5, 0.6) is 0 Å². The van der Waals surface area contributed by atoms with Crippen molar-refractivity contribution < 1.29 is 19.4 Å². The van der Waals surface area contributed by atoms with Crippen molar-refractivity contribution in [1.82, 2.24) is 14.7 Å².